The lowest BCUT2D eigenvalue weighted by molar-refractivity contribution is -0.125. The quantitative estimate of drug-likeness (QED) is 0.614. The highest BCUT2D eigenvalue weighted by Crippen LogP contribution is 2.60. The van der Waals surface area contributed by atoms with Gasteiger partial charge in [0.15, 0.2) is 5.96 Å². The number of hydrogen-bond acceptors (Lipinski definition) is 3. The molecule has 2 aliphatic carbocycles. The molecule has 1 spiro atoms. The molecule has 0 radical (unpaired) electrons. The van der Waals surface area contributed by atoms with Gasteiger partial charge in [-0.25, -0.2) is 0 Å². The van der Waals surface area contributed by atoms with Gasteiger partial charge in [0.1, 0.15) is 5.76 Å². The lowest BCUT2D eigenvalue weighted by atomic mass is 9.54. The van der Waals surface area contributed by atoms with Gasteiger partial charge in [-0.2, -0.15) is 0 Å². The third kappa shape index (κ3) is 3.19. The highest BCUT2D eigenvalue weighted by atomic mass is 16.5. The molecule has 3 fully saturated rings. The fourth-order valence-electron chi connectivity index (χ4n) is 5.19. The maximum Gasteiger partial charge on any atom is 0.191 e. The van der Waals surface area contributed by atoms with Crippen LogP contribution in [0.25, 0.3) is 0 Å². The predicted molar refractivity (Wildman–Crippen MR) is 98.7 cm³/mol. The van der Waals surface area contributed by atoms with E-state index in [9.17, 15) is 0 Å². The molecule has 2 heterocycles. The van der Waals surface area contributed by atoms with Gasteiger partial charge in [0, 0.05) is 43.5 Å². The lowest BCUT2D eigenvalue weighted by Gasteiger charge is -2.57. The number of rotatable bonds is 6. The van der Waals surface area contributed by atoms with E-state index in [1.807, 2.05) is 12.1 Å². The number of nitrogens with one attached hydrogen (secondary N) is 2. The summed E-state index contributed by atoms with van der Waals surface area (Å²) in [6, 6.07) is 4.49. The van der Waals surface area contributed by atoms with Crippen LogP contribution in [0.3, 0.4) is 0 Å². The Morgan fingerprint density at radius 2 is 2.24 bits per heavy atom. The maximum atomic E-state index is 6.10. The van der Waals surface area contributed by atoms with Crippen LogP contribution in [0.2, 0.25) is 0 Å². The Morgan fingerprint density at radius 3 is 3.00 bits per heavy atom. The van der Waals surface area contributed by atoms with Gasteiger partial charge in [-0.15, -0.1) is 0 Å². The van der Waals surface area contributed by atoms with Crippen molar-refractivity contribution in [2.45, 2.75) is 64.0 Å². The van der Waals surface area contributed by atoms with E-state index in [2.05, 4.69) is 17.6 Å². The van der Waals surface area contributed by atoms with Crippen molar-refractivity contribution >= 4 is 5.96 Å². The first kappa shape index (κ1) is 17.0. The van der Waals surface area contributed by atoms with Crippen LogP contribution in [0, 0.1) is 11.3 Å². The second-order valence-electron chi connectivity index (χ2n) is 7.79. The van der Waals surface area contributed by atoms with E-state index in [4.69, 9.17) is 14.1 Å². The van der Waals surface area contributed by atoms with E-state index in [0.29, 0.717) is 23.5 Å². The van der Waals surface area contributed by atoms with Crippen molar-refractivity contribution in [3.8, 4) is 0 Å². The van der Waals surface area contributed by atoms with Crippen molar-refractivity contribution in [1.82, 2.24) is 10.6 Å². The molecule has 25 heavy (non-hydrogen) atoms. The molecule has 5 heteroatoms. The average molecular weight is 345 g/mol. The molecule has 5 nitrogen and oxygen atoms in total. The van der Waals surface area contributed by atoms with E-state index >= 15 is 0 Å². The van der Waals surface area contributed by atoms with Crippen molar-refractivity contribution in [3.63, 3.8) is 0 Å². The largest absolute Gasteiger partial charge is 0.469 e. The van der Waals surface area contributed by atoms with E-state index in [1.54, 1.807) is 6.26 Å². The van der Waals surface area contributed by atoms with Crippen LogP contribution < -0.4 is 10.6 Å². The highest BCUT2D eigenvalue weighted by molar-refractivity contribution is 5.80. The zero-order valence-electron chi connectivity index (χ0n) is 15.3. The molecule has 0 bridgehead atoms. The van der Waals surface area contributed by atoms with E-state index in [1.165, 1.54) is 32.1 Å². The molecule has 1 aromatic rings. The van der Waals surface area contributed by atoms with Gasteiger partial charge in [-0.05, 0) is 37.8 Å². The van der Waals surface area contributed by atoms with Gasteiger partial charge in [-0.3, -0.25) is 4.99 Å². The first-order valence-electron chi connectivity index (χ1n) is 10.0. The van der Waals surface area contributed by atoms with E-state index < -0.39 is 0 Å². The summed E-state index contributed by atoms with van der Waals surface area (Å²) >= 11 is 0. The summed E-state index contributed by atoms with van der Waals surface area (Å²) < 4.78 is 11.5. The molecule has 1 aliphatic heterocycles. The van der Waals surface area contributed by atoms with Crippen LogP contribution in [0.4, 0.5) is 0 Å². The van der Waals surface area contributed by atoms with E-state index in [0.717, 1.165) is 44.3 Å². The van der Waals surface area contributed by atoms with E-state index in [-0.39, 0.29) is 0 Å². The Balaban J connectivity index is 1.39. The Labute approximate surface area is 150 Å². The molecular weight excluding hydrogens is 314 g/mol. The third-order valence-corrected chi connectivity index (χ3v) is 6.32. The third-order valence-electron chi connectivity index (χ3n) is 6.32. The number of aliphatic imine (C=N–C) groups is 1. The molecule has 3 unspecified atom stereocenters. The summed E-state index contributed by atoms with van der Waals surface area (Å²) in [5.74, 6) is 2.65. The second-order valence-corrected chi connectivity index (χ2v) is 7.79. The van der Waals surface area contributed by atoms with Crippen molar-refractivity contribution < 1.29 is 9.15 Å². The summed E-state index contributed by atoms with van der Waals surface area (Å²) in [7, 11) is 0. The van der Waals surface area contributed by atoms with Gasteiger partial charge in [0.2, 0.25) is 0 Å². The number of nitrogens with zero attached hydrogens (tertiary/aromatic N) is 1. The standard InChI is InChI=1S/C20H31N3O2/c1-2-11-21-19(22-12-7-15-6-5-13-24-15)23-17-16-8-14-25-18(16)20(17)9-3-4-10-20/h5-6,13,16-18H,2-4,7-12,14H2,1H3,(H2,21,22,23). The minimum absolute atomic E-state index is 0.358. The maximum absolute atomic E-state index is 6.10. The van der Waals surface area contributed by atoms with Crippen LogP contribution in [0.15, 0.2) is 27.8 Å². The number of furan rings is 1. The first-order chi connectivity index (χ1) is 12.3. The molecule has 0 aromatic carbocycles. The summed E-state index contributed by atoms with van der Waals surface area (Å²) in [5, 5.41) is 7.32. The van der Waals surface area contributed by atoms with Crippen molar-refractivity contribution in [2.75, 3.05) is 19.7 Å². The van der Waals surface area contributed by atoms with Crippen LogP contribution >= 0.6 is 0 Å². The Bertz CT molecular complexity index is 578. The molecular formula is C20H31N3O2. The van der Waals surface area contributed by atoms with Gasteiger partial charge >= 0.3 is 0 Å². The highest BCUT2D eigenvalue weighted by Gasteiger charge is 2.65. The lowest BCUT2D eigenvalue weighted by Crippen LogP contribution is -2.69. The molecule has 1 aromatic heterocycles. The number of guanidine groups is 1. The zero-order valence-corrected chi connectivity index (χ0v) is 15.3. The van der Waals surface area contributed by atoms with Gasteiger partial charge in [0.05, 0.1) is 12.4 Å². The monoisotopic (exact) mass is 345 g/mol. The van der Waals surface area contributed by atoms with Crippen molar-refractivity contribution in [2.24, 2.45) is 16.3 Å². The Kier molecular flexibility index (Phi) is 5.02. The summed E-state index contributed by atoms with van der Waals surface area (Å²) in [6.45, 7) is 4.81. The average Bonchev–Trinajstić information content (AvgIpc) is 3.37. The molecule has 4 rings (SSSR count). The minimum atomic E-state index is 0.358. The summed E-state index contributed by atoms with van der Waals surface area (Å²) in [5.41, 5.74) is 0.358. The number of ether oxygens (including phenoxy) is 1. The molecule has 2 saturated carbocycles. The zero-order chi connectivity index (χ0) is 17.1. The number of fused-ring (bicyclic) bond motifs is 2. The molecule has 0 amide bonds. The molecule has 3 atom stereocenters. The summed E-state index contributed by atoms with van der Waals surface area (Å²) in [4.78, 5) is 4.77. The fraction of sp³-hybridized carbons (Fsp3) is 0.750. The van der Waals surface area contributed by atoms with Crippen LogP contribution in [0.1, 0.15) is 51.2 Å². The Morgan fingerprint density at radius 1 is 1.36 bits per heavy atom. The molecule has 138 valence electrons. The van der Waals surface area contributed by atoms with Crippen molar-refractivity contribution in [1.29, 1.82) is 0 Å². The molecule has 2 N–H and O–H groups in total. The number of hydrogen-bond donors (Lipinski definition) is 2. The molecule has 1 saturated heterocycles. The normalized spacial score (nSPS) is 30.3. The second kappa shape index (κ2) is 7.40. The first-order valence-corrected chi connectivity index (χ1v) is 10.0. The van der Waals surface area contributed by atoms with Crippen LogP contribution in [-0.4, -0.2) is 37.8 Å². The predicted octanol–water partition coefficient (Wildman–Crippen LogP) is 3.12. The summed E-state index contributed by atoms with van der Waals surface area (Å²) in [6.07, 6.45) is 10.7. The SMILES string of the molecule is CCCN=C(NCCc1ccco1)NC1C2CCOC2C12CCCC2. The van der Waals surface area contributed by atoms with Crippen LogP contribution in [0.5, 0.6) is 0 Å². The topological polar surface area (TPSA) is 58.8 Å². The fourth-order valence-corrected chi connectivity index (χ4v) is 5.19. The van der Waals surface area contributed by atoms with Crippen molar-refractivity contribution in [3.05, 3.63) is 24.2 Å². The van der Waals surface area contributed by atoms with Gasteiger partial charge < -0.3 is 19.8 Å². The van der Waals surface area contributed by atoms with Gasteiger partial charge in [-0.1, -0.05) is 19.8 Å². The van der Waals surface area contributed by atoms with Gasteiger partial charge in [0.25, 0.3) is 0 Å². The minimum Gasteiger partial charge on any atom is -0.469 e. The van der Waals surface area contributed by atoms with Crippen LogP contribution in [-0.2, 0) is 11.2 Å². The smallest absolute Gasteiger partial charge is 0.191 e. The Hall–Kier alpha value is -1.49. The molecule has 3 aliphatic rings.